The lowest BCUT2D eigenvalue weighted by Crippen LogP contribution is -2.31. The van der Waals surface area contributed by atoms with Crippen LogP contribution in [0.2, 0.25) is 0 Å². The summed E-state index contributed by atoms with van der Waals surface area (Å²) in [5, 5.41) is 2.78. The van der Waals surface area contributed by atoms with Crippen molar-refractivity contribution in [2.75, 3.05) is 6.54 Å². The molecule has 2 heterocycles. The van der Waals surface area contributed by atoms with Crippen LogP contribution in [0.15, 0.2) is 64.0 Å². The van der Waals surface area contributed by atoms with E-state index in [-0.39, 0.29) is 11.5 Å². The van der Waals surface area contributed by atoms with Gasteiger partial charge in [0.25, 0.3) is 11.5 Å². The van der Waals surface area contributed by atoms with Crippen molar-refractivity contribution in [1.29, 1.82) is 0 Å². The summed E-state index contributed by atoms with van der Waals surface area (Å²) in [7, 11) is 0. The Bertz CT molecular complexity index is 895. The molecule has 0 atom stereocenters. The second-order valence-electron chi connectivity index (χ2n) is 5.59. The Kier molecular flexibility index (Phi) is 4.61. The Morgan fingerprint density at radius 2 is 2.04 bits per heavy atom. The number of amides is 1. The fourth-order valence-electron chi connectivity index (χ4n) is 2.51. The third kappa shape index (κ3) is 3.63. The van der Waals surface area contributed by atoms with Gasteiger partial charge in [-0.3, -0.25) is 9.59 Å². The van der Waals surface area contributed by atoms with E-state index in [2.05, 4.69) is 16.4 Å². The van der Waals surface area contributed by atoms with Crippen molar-refractivity contribution in [3.05, 3.63) is 81.8 Å². The fourth-order valence-corrected chi connectivity index (χ4v) is 2.51. The van der Waals surface area contributed by atoms with Gasteiger partial charge in [-0.1, -0.05) is 29.8 Å². The Morgan fingerprint density at radius 1 is 1.17 bits per heavy atom. The first-order chi connectivity index (χ1) is 11.6. The molecule has 3 aromatic rings. The number of benzene rings is 1. The molecule has 2 aromatic heterocycles. The number of rotatable bonds is 5. The van der Waals surface area contributed by atoms with Crippen LogP contribution in [0.1, 0.15) is 21.5 Å². The van der Waals surface area contributed by atoms with E-state index in [0.29, 0.717) is 18.0 Å². The second-order valence-corrected chi connectivity index (χ2v) is 5.59. The van der Waals surface area contributed by atoms with Gasteiger partial charge < -0.3 is 14.7 Å². The Labute approximate surface area is 139 Å². The number of carbonyl (C=O) groups is 1. The van der Waals surface area contributed by atoms with Crippen LogP contribution >= 0.6 is 0 Å². The maximum absolute atomic E-state index is 12.2. The number of pyridine rings is 1. The molecule has 24 heavy (non-hydrogen) atoms. The smallest absolute Gasteiger partial charge is 0.261 e. The number of furan rings is 1. The minimum atomic E-state index is -0.433. The first kappa shape index (κ1) is 15.8. The summed E-state index contributed by atoms with van der Waals surface area (Å²) < 4.78 is 5.23. The molecule has 0 unspecified atom stereocenters. The van der Waals surface area contributed by atoms with Crippen molar-refractivity contribution >= 4 is 5.91 Å². The van der Waals surface area contributed by atoms with Crippen molar-refractivity contribution in [3.8, 4) is 11.5 Å². The summed E-state index contributed by atoms with van der Waals surface area (Å²) in [6.45, 7) is 2.50. The lowest BCUT2D eigenvalue weighted by Gasteiger charge is -2.06. The van der Waals surface area contributed by atoms with Crippen LogP contribution in [-0.4, -0.2) is 17.4 Å². The van der Waals surface area contributed by atoms with Crippen molar-refractivity contribution in [2.45, 2.75) is 13.3 Å². The summed E-state index contributed by atoms with van der Waals surface area (Å²) >= 11 is 0. The average molecular weight is 322 g/mol. The zero-order chi connectivity index (χ0) is 16.9. The van der Waals surface area contributed by atoms with Gasteiger partial charge in [-0.15, -0.1) is 0 Å². The van der Waals surface area contributed by atoms with Gasteiger partial charge in [-0.2, -0.15) is 0 Å². The molecule has 0 aliphatic carbocycles. The van der Waals surface area contributed by atoms with Crippen LogP contribution in [0.5, 0.6) is 0 Å². The van der Waals surface area contributed by atoms with Crippen LogP contribution in [-0.2, 0) is 6.42 Å². The van der Waals surface area contributed by atoms with E-state index in [1.54, 1.807) is 18.2 Å². The van der Waals surface area contributed by atoms with Gasteiger partial charge in [0.15, 0.2) is 0 Å². The first-order valence-corrected chi connectivity index (χ1v) is 7.74. The zero-order valence-corrected chi connectivity index (χ0v) is 13.3. The van der Waals surface area contributed by atoms with E-state index >= 15 is 0 Å². The molecule has 1 aromatic carbocycles. The normalized spacial score (nSPS) is 10.5. The predicted octanol–water partition coefficient (Wildman–Crippen LogP) is 2.92. The summed E-state index contributed by atoms with van der Waals surface area (Å²) in [6, 6.07) is 14.8. The number of aromatic amines is 1. The maximum atomic E-state index is 12.2. The van der Waals surface area contributed by atoms with Crippen molar-refractivity contribution in [2.24, 2.45) is 0 Å². The Morgan fingerprint density at radius 3 is 2.75 bits per heavy atom. The van der Waals surface area contributed by atoms with Crippen LogP contribution in [0.4, 0.5) is 0 Å². The molecule has 0 bridgehead atoms. The number of aryl methyl sites for hydroxylation is 1. The summed E-state index contributed by atoms with van der Waals surface area (Å²) in [6.07, 6.45) is 2.25. The molecule has 0 aliphatic rings. The number of aromatic nitrogens is 1. The Hall–Kier alpha value is -3.08. The highest BCUT2D eigenvalue weighted by Gasteiger charge is 2.11. The van der Waals surface area contributed by atoms with Crippen molar-refractivity contribution in [3.63, 3.8) is 0 Å². The summed E-state index contributed by atoms with van der Waals surface area (Å²) in [5.41, 5.74) is 2.54. The molecule has 5 heteroatoms. The van der Waals surface area contributed by atoms with E-state index in [4.69, 9.17) is 4.42 Å². The Balaban J connectivity index is 1.64. The van der Waals surface area contributed by atoms with E-state index < -0.39 is 5.56 Å². The van der Waals surface area contributed by atoms with E-state index in [9.17, 15) is 9.59 Å². The minimum Gasteiger partial charge on any atom is -0.463 e. The topological polar surface area (TPSA) is 75.1 Å². The van der Waals surface area contributed by atoms with Crippen molar-refractivity contribution in [1.82, 2.24) is 10.3 Å². The minimum absolute atomic E-state index is 0.0922. The number of hydrogen-bond acceptors (Lipinski definition) is 3. The van der Waals surface area contributed by atoms with Gasteiger partial charge in [0.1, 0.15) is 11.3 Å². The first-order valence-electron chi connectivity index (χ1n) is 7.74. The predicted molar refractivity (Wildman–Crippen MR) is 92.0 cm³/mol. The molecule has 5 nitrogen and oxygen atoms in total. The highest BCUT2D eigenvalue weighted by molar-refractivity contribution is 5.94. The summed E-state index contributed by atoms with van der Waals surface area (Å²) in [5.74, 6) is 0.174. The molecule has 0 saturated carbocycles. The van der Waals surface area contributed by atoms with Crippen molar-refractivity contribution < 1.29 is 9.21 Å². The molecule has 0 fully saturated rings. The van der Waals surface area contributed by atoms with Gasteiger partial charge in [0.2, 0.25) is 0 Å². The monoisotopic (exact) mass is 322 g/mol. The molecule has 0 spiro atoms. The molecule has 2 N–H and O–H groups in total. The molecular weight excluding hydrogens is 304 g/mol. The molecule has 0 saturated heterocycles. The second kappa shape index (κ2) is 7.00. The molecule has 1 amide bonds. The number of H-pyrrole nitrogens is 1. The van der Waals surface area contributed by atoms with Gasteiger partial charge in [-0.25, -0.2) is 0 Å². The van der Waals surface area contributed by atoms with E-state index in [1.807, 2.05) is 25.1 Å². The number of carbonyl (C=O) groups excluding carboxylic acids is 1. The van der Waals surface area contributed by atoms with Gasteiger partial charge in [0.05, 0.1) is 12.0 Å². The number of nitrogens with one attached hydrogen (secondary N) is 2. The summed E-state index contributed by atoms with van der Waals surface area (Å²) in [4.78, 5) is 26.9. The third-order valence-corrected chi connectivity index (χ3v) is 3.72. The van der Waals surface area contributed by atoms with Crippen LogP contribution in [0, 0.1) is 6.92 Å². The molecule has 122 valence electrons. The molecule has 0 aliphatic heterocycles. The maximum Gasteiger partial charge on any atom is 0.261 e. The third-order valence-electron chi connectivity index (χ3n) is 3.72. The lowest BCUT2D eigenvalue weighted by molar-refractivity contribution is 0.0952. The quantitative estimate of drug-likeness (QED) is 0.758. The fraction of sp³-hybridized carbons (Fsp3) is 0.158. The zero-order valence-electron chi connectivity index (χ0n) is 13.3. The molecule has 0 radical (unpaired) electrons. The van der Waals surface area contributed by atoms with Gasteiger partial charge in [0, 0.05) is 6.54 Å². The largest absolute Gasteiger partial charge is 0.463 e. The average Bonchev–Trinajstić information content (AvgIpc) is 3.09. The standard InChI is InChI=1S/C19H18N2O3/c1-13-4-2-5-14(12-13)9-10-20-18(22)15-7-8-16(21-19(15)23)17-6-3-11-24-17/h2-8,11-12H,9-10H2,1H3,(H,20,22)(H,21,23). The number of hydrogen-bond donors (Lipinski definition) is 2. The molecule has 3 rings (SSSR count). The highest BCUT2D eigenvalue weighted by Crippen LogP contribution is 2.15. The van der Waals surface area contributed by atoms with Crippen LogP contribution < -0.4 is 10.9 Å². The van der Waals surface area contributed by atoms with Gasteiger partial charge >= 0.3 is 0 Å². The lowest BCUT2D eigenvalue weighted by atomic mass is 10.1. The van der Waals surface area contributed by atoms with E-state index in [0.717, 1.165) is 12.0 Å². The highest BCUT2D eigenvalue weighted by atomic mass is 16.3. The van der Waals surface area contributed by atoms with E-state index in [1.165, 1.54) is 17.9 Å². The SMILES string of the molecule is Cc1cccc(CCNC(=O)c2ccc(-c3ccco3)[nH]c2=O)c1. The van der Waals surface area contributed by atoms with Crippen LogP contribution in [0.3, 0.4) is 0 Å². The van der Waals surface area contributed by atoms with Crippen LogP contribution in [0.25, 0.3) is 11.5 Å². The molecular formula is C19H18N2O3. The van der Waals surface area contributed by atoms with Gasteiger partial charge in [-0.05, 0) is 43.2 Å².